The zero-order chi connectivity index (χ0) is 29.8. The molecule has 0 radical (unpaired) electrons. The van der Waals surface area contributed by atoms with Gasteiger partial charge in [-0.25, -0.2) is 19.2 Å². The number of halogens is 1. The molecule has 0 bridgehead atoms. The molecule has 3 unspecified atom stereocenters. The molecule has 0 saturated carbocycles. The van der Waals surface area contributed by atoms with Crippen molar-refractivity contribution in [3.8, 4) is 11.6 Å². The van der Waals surface area contributed by atoms with E-state index in [0.29, 0.717) is 44.9 Å². The van der Waals surface area contributed by atoms with Gasteiger partial charge in [0.15, 0.2) is 18.2 Å². The largest absolute Gasteiger partial charge is 0.491 e. The van der Waals surface area contributed by atoms with Gasteiger partial charge in [-0.05, 0) is 68.0 Å². The molecule has 1 saturated heterocycles. The van der Waals surface area contributed by atoms with Crippen molar-refractivity contribution in [3.05, 3.63) is 71.2 Å². The van der Waals surface area contributed by atoms with Gasteiger partial charge in [0.05, 0.1) is 25.5 Å². The molecule has 2 amide bonds. The van der Waals surface area contributed by atoms with E-state index in [0.717, 1.165) is 29.7 Å². The van der Waals surface area contributed by atoms with Crippen molar-refractivity contribution in [2.45, 2.75) is 45.0 Å². The Morgan fingerprint density at radius 1 is 1.21 bits per heavy atom. The molecule has 2 aromatic carbocycles. The molecule has 3 aliphatic rings. The molecule has 1 fully saturated rings. The third-order valence-corrected chi connectivity index (χ3v) is 7.68. The lowest BCUT2D eigenvalue weighted by atomic mass is 10.1. The second-order valence-electron chi connectivity index (χ2n) is 11.1. The van der Waals surface area contributed by atoms with E-state index in [1.54, 1.807) is 0 Å². The van der Waals surface area contributed by atoms with Crippen molar-refractivity contribution in [2.75, 3.05) is 43.1 Å². The minimum Gasteiger partial charge on any atom is -0.491 e. The summed E-state index contributed by atoms with van der Waals surface area (Å²) in [6, 6.07) is 13.3. The van der Waals surface area contributed by atoms with Crippen LogP contribution in [0.2, 0.25) is 0 Å². The van der Waals surface area contributed by atoms with Gasteiger partial charge in [0.1, 0.15) is 24.3 Å². The van der Waals surface area contributed by atoms with E-state index < -0.39 is 6.09 Å². The number of rotatable bonds is 12. The molecule has 3 atom stereocenters. The van der Waals surface area contributed by atoms with Gasteiger partial charge in [0, 0.05) is 6.07 Å². The fourth-order valence-electron chi connectivity index (χ4n) is 5.47. The minimum absolute atomic E-state index is 0.121. The summed E-state index contributed by atoms with van der Waals surface area (Å²) in [4.78, 5) is 33.9. The second kappa shape index (κ2) is 12.9. The minimum atomic E-state index is -0.515. The molecule has 3 aromatic rings. The lowest BCUT2D eigenvalue weighted by molar-refractivity contribution is -0.118. The van der Waals surface area contributed by atoms with Crippen molar-refractivity contribution < 1.29 is 32.9 Å². The smallest absolute Gasteiger partial charge is 0.415 e. The SMILES string of the molecule is CC(COc1cc(F)c2c(c1)CC(CNCCC1CN(c3cnc4c(n3)NC(=O)CO4)C(=O)O1)C2)OCc1ccccc1. The van der Waals surface area contributed by atoms with Gasteiger partial charge in [0.2, 0.25) is 0 Å². The Labute approximate surface area is 248 Å². The highest BCUT2D eigenvalue weighted by molar-refractivity contribution is 5.94. The van der Waals surface area contributed by atoms with Crippen LogP contribution in [0.3, 0.4) is 0 Å². The number of cyclic esters (lactones) is 1. The number of hydrogen-bond acceptors (Lipinski definition) is 9. The topological polar surface area (TPSA) is 124 Å². The maximum atomic E-state index is 14.9. The maximum Gasteiger partial charge on any atom is 0.415 e. The van der Waals surface area contributed by atoms with Gasteiger partial charge in [-0.3, -0.25) is 9.69 Å². The van der Waals surface area contributed by atoms with E-state index >= 15 is 0 Å². The number of carbonyl (C=O) groups excluding carboxylic acids is 2. The van der Waals surface area contributed by atoms with Crippen LogP contribution in [0, 0.1) is 11.7 Å². The quantitative estimate of drug-likeness (QED) is 0.304. The lowest BCUT2D eigenvalue weighted by Gasteiger charge is -2.18. The lowest BCUT2D eigenvalue weighted by Crippen LogP contribution is -2.30. The predicted molar refractivity (Wildman–Crippen MR) is 155 cm³/mol. The van der Waals surface area contributed by atoms with Crippen LogP contribution in [0.4, 0.5) is 20.8 Å². The first-order valence-electron chi connectivity index (χ1n) is 14.5. The van der Waals surface area contributed by atoms with Crippen LogP contribution in [0.25, 0.3) is 0 Å². The highest BCUT2D eigenvalue weighted by Crippen LogP contribution is 2.32. The van der Waals surface area contributed by atoms with Crippen LogP contribution in [0.1, 0.15) is 30.0 Å². The number of nitrogens with one attached hydrogen (secondary N) is 2. The van der Waals surface area contributed by atoms with Gasteiger partial charge in [0.25, 0.3) is 11.8 Å². The van der Waals surface area contributed by atoms with Crippen LogP contribution in [0.15, 0.2) is 48.7 Å². The zero-order valence-electron chi connectivity index (χ0n) is 23.9. The number of amides is 2. The van der Waals surface area contributed by atoms with Crippen molar-refractivity contribution in [1.82, 2.24) is 15.3 Å². The number of benzene rings is 2. The Morgan fingerprint density at radius 2 is 2.07 bits per heavy atom. The fraction of sp³-hybridized carbons (Fsp3) is 0.419. The second-order valence-corrected chi connectivity index (χ2v) is 11.1. The Morgan fingerprint density at radius 3 is 2.93 bits per heavy atom. The van der Waals surface area contributed by atoms with Crippen molar-refractivity contribution >= 4 is 23.6 Å². The average Bonchev–Trinajstić information content (AvgIpc) is 3.60. The summed E-state index contributed by atoms with van der Waals surface area (Å²) in [5.74, 6) is 0.902. The highest BCUT2D eigenvalue weighted by atomic mass is 19.1. The van der Waals surface area contributed by atoms with E-state index in [2.05, 4.69) is 20.6 Å². The fourth-order valence-corrected chi connectivity index (χ4v) is 5.47. The Balaban J connectivity index is 0.925. The number of hydrogen-bond donors (Lipinski definition) is 2. The Bertz CT molecular complexity index is 1470. The van der Waals surface area contributed by atoms with Crippen LogP contribution in [-0.2, 0) is 33.7 Å². The molecule has 3 heterocycles. The molecular formula is C31H34FN5O6. The molecule has 2 N–H and O–H groups in total. The van der Waals surface area contributed by atoms with E-state index in [4.69, 9.17) is 18.9 Å². The number of ether oxygens (including phenoxy) is 4. The predicted octanol–water partition coefficient (Wildman–Crippen LogP) is 3.65. The van der Waals surface area contributed by atoms with Crippen LogP contribution in [-0.4, -0.2) is 67.0 Å². The van der Waals surface area contributed by atoms with Gasteiger partial charge in [-0.2, -0.15) is 0 Å². The Hall–Kier alpha value is -4.29. The summed E-state index contributed by atoms with van der Waals surface area (Å²) < 4.78 is 37.4. The first-order chi connectivity index (χ1) is 20.9. The molecule has 12 heteroatoms. The zero-order valence-corrected chi connectivity index (χ0v) is 23.9. The number of nitrogens with zero attached hydrogens (tertiary/aromatic N) is 3. The third kappa shape index (κ3) is 7.03. The molecule has 6 rings (SSSR count). The van der Waals surface area contributed by atoms with Crippen LogP contribution < -0.4 is 25.0 Å². The van der Waals surface area contributed by atoms with E-state index in [1.165, 1.54) is 17.2 Å². The summed E-state index contributed by atoms with van der Waals surface area (Å²) in [6.07, 6.45) is 2.49. The standard InChI is InChI=1S/C31H34FN5O6/c1-19(40-17-20-5-3-2-4-6-20)16-41-24-11-22-9-21(10-25(22)26(32)12-24)13-33-8-7-23-15-37(31(39)43-23)27-14-34-30-29(35-27)36-28(38)18-42-30/h2-6,11-12,14,19,21,23,33H,7-10,13,15-18H2,1H3,(H,35,36,38). The molecule has 1 aromatic heterocycles. The van der Waals surface area contributed by atoms with E-state index in [9.17, 15) is 14.0 Å². The third-order valence-electron chi connectivity index (χ3n) is 7.68. The van der Waals surface area contributed by atoms with Crippen molar-refractivity contribution in [1.29, 1.82) is 0 Å². The average molecular weight is 592 g/mol. The molecule has 1 aliphatic carbocycles. The molecule has 0 spiro atoms. The first-order valence-corrected chi connectivity index (χ1v) is 14.5. The highest BCUT2D eigenvalue weighted by Gasteiger charge is 2.34. The molecule has 226 valence electrons. The Kier molecular flexibility index (Phi) is 8.66. The van der Waals surface area contributed by atoms with Crippen molar-refractivity contribution in [3.63, 3.8) is 0 Å². The summed E-state index contributed by atoms with van der Waals surface area (Å²) in [6.45, 7) is 4.33. The van der Waals surface area contributed by atoms with E-state index in [-0.39, 0.29) is 54.0 Å². The maximum absolute atomic E-state index is 14.9. The number of fused-ring (bicyclic) bond motifs is 2. The monoisotopic (exact) mass is 591 g/mol. The van der Waals surface area contributed by atoms with Gasteiger partial charge in [-0.1, -0.05) is 30.3 Å². The van der Waals surface area contributed by atoms with Gasteiger partial charge in [-0.15, -0.1) is 0 Å². The number of anilines is 2. The van der Waals surface area contributed by atoms with Gasteiger partial charge >= 0.3 is 6.09 Å². The summed E-state index contributed by atoms with van der Waals surface area (Å²) in [7, 11) is 0. The number of aromatic nitrogens is 2. The summed E-state index contributed by atoms with van der Waals surface area (Å²) in [5, 5.41) is 6.02. The molecule has 43 heavy (non-hydrogen) atoms. The normalized spacial score (nSPS) is 19.7. The molecule has 11 nitrogen and oxygen atoms in total. The van der Waals surface area contributed by atoms with E-state index in [1.807, 2.05) is 43.3 Å². The van der Waals surface area contributed by atoms with Crippen molar-refractivity contribution in [2.24, 2.45) is 5.92 Å². The molecular weight excluding hydrogens is 557 g/mol. The number of carbonyl (C=O) groups is 2. The summed E-state index contributed by atoms with van der Waals surface area (Å²) >= 11 is 0. The van der Waals surface area contributed by atoms with Gasteiger partial charge < -0.3 is 29.6 Å². The summed E-state index contributed by atoms with van der Waals surface area (Å²) in [5.41, 5.74) is 2.82. The van der Waals surface area contributed by atoms with Crippen LogP contribution >= 0.6 is 0 Å². The first kappa shape index (κ1) is 28.8. The van der Waals surface area contributed by atoms with Crippen LogP contribution in [0.5, 0.6) is 11.6 Å². The molecule has 2 aliphatic heterocycles.